The SMILES string of the molecule is CC1Cc2nc(SCC(=O)Nc3ccc(OC(F)(F)F)cc3)n(CCc3ccccc3)c(=O)c2S1. The molecule has 2 aromatic carbocycles. The molecule has 1 aliphatic heterocycles. The van der Waals surface area contributed by atoms with Gasteiger partial charge in [-0.05, 0) is 36.2 Å². The highest BCUT2D eigenvalue weighted by Gasteiger charge is 2.31. The second-order valence-corrected chi connectivity index (χ2v) is 10.3. The molecule has 3 aromatic rings. The number of ether oxygens (including phenoxy) is 1. The van der Waals surface area contributed by atoms with Crippen LogP contribution in [-0.4, -0.2) is 32.8 Å². The van der Waals surface area contributed by atoms with E-state index in [2.05, 4.69) is 10.1 Å². The van der Waals surface area contributed by atoms with Gasteiger partial charge in [0.25, 0.3) is 5.56 Å². The summed E-state index contributed by atoms with van der Waals surface area (Å²) < 4.78 is 42.4. The van der Waals surface area contributed by atoms with E-state index in [1.165, 1.54) is 23.9 Å². The lowest BCUT2D eigenvalue weighted by Crippen LogP contribution is -2.27. The van der Waals surface area contributed by atoms with Crippen LogP contribution in [-0.2, 0) is 24.2 Å². The molecule has 0 saturated heterocycles. The Bertz CT molecular complexity index is 1250. The predicted octanol–water partition coefficient (Wildman–Crippen LogP) is 5.15. The van der Waals surface area contributed by atoms with Gasteiger partial charge in [-0.2, -0.15) is 0 Å². The number of hydrogen-bond acceptors (Lipinski definition) is 6. The van der Waals surface area contributed by atoms with Crippen molar-refractivity contribution >= 4 is 35.1 Å². The quantitative estimate of drug-likeness (QED) is 0.327. The minimum atomic E-state index is -4.78. The van der Waals surface area contributed by atoms with Crippen molar-refractivity contribution in [3.63, 3.8) is 0 Å². The highest BCUT2D eigenvalue weighted by Crippen LogP contribution is 2.34. The van der Waals surface area contributed by atoms with Crippen molar-refractivity contribution in [3.05, 3.63) is 76.2 Å². The fourth-order valence-electron chi connectivity index (χ4n) is 3.59. The number of benzene rings is 2. The second-order valence-electron chi connectivity index (χ2n) is 7.90. The molecule has 1 N–H and O–H groups in total. The summed E-state index contributed by atoms with van der Waals surface area (Å²) in [5, 5.41) is 3.38. The molecule has 0 fully saturated rings. The average Bonchev–Trinajstić information content (AvgIpc) is 3.19. The molecule has 1 aromatic heterocycles. The molecular weight excluding hydrogens is 499 g/mol. The number of aryl methyl sites for hydroxylation is 1. The van der Waals surface area contributed by atoms with Crippen LogP contribution in [0.5, 0.6) is 5.75 Å². The van der Waals surface area contributed by atoms with Crippen LogP contribution in [0.2, 0.25) is 0 Å². The van der Waals surface area contributed by atoms with Crippen molar-refractivity contribution in [3.8, 4) is 5.75 Å². The summed E-state index contributed by atoms with van der Waals surface area (Å²) in [6, 6.07) is 14.7. The Labute approximate surface area is 208 Å². The van der Waals surface area contributed by atoms with Crippen molar-refractivity contribution in [2.45, 2.75) is 48.0 Å². The van der Waals surface area contributed by atoms with E-state index in [-0.39, 0.29) is 28.2 Å². The first-order chi connectivity index (χ1) is 16.7. The fourth-order valence-corrected chi connectivity index (χ4v) is 5.55. The third-order valence-corrected chi connectivity index (χ3v) is 7.33. The summed E-state index contributed by atoms with van der Waals surface area (Å²) in [7, 11) is 0. The lowest BCUT2D eigenvalue weighted by atomic mass is 10.1. The van der Waals surface area contributed by atoms with Gasteiger partial charge in [-0.3, -0.25) is 14.2 Å². The Morgan fingerprint density at radius 1 is 1.20 bits per heavy atom. The van der Waals surface area contributed by atoms with Crippen LogP contribution >= 0.6 is 23.5 Å². The average molecular weight is 522 g/mol. The molecule has 35 heavy (non-hydrogen) atoms. The zero-order chi connectivity index (χ0) is 25.0. The topological polar surface area (TPSA) is 73.2 Å². The highest BCUT2D eigenvalue weighted by molar-refractivity contribution is 8.00. The van der Waals surface area contributed by atoms with Crippen molar-refractivity contribution in [1.82, 2.24) is 9.55 Å². The Kier molecular flexibility index (Phi) is 7.75. The summed E-state index contributed by atoms with van der Waals surface area (Å²) in [6.45, 7) is 2.48. The van der Waals surface area contributed by atoms with E-state index in [1.54, 1.807) is 4.57 Å². The number of alkyl halides is 3. The zero-order valence-corrected chi connectivity index (χ0v) is 20.3. The van der Waals surface area contributed by atoms with Gasteiger partial charge in [0.2, 0.25) is 5.91 Å². The van der Waals surface area contributed by atoms with Gasteiger partial charge in [0, 0.05) is 23.9 Å². The predicted molar refractivity (Wildman–Crippen MR) is 130 cm³/mol. The largest absolute Gasteiger partial charge is 0.573 e. The molecule has 184 valence electrons. The Morgan fingerprint density at radius 3 is 2.60 bits per heavy atom. The number of nitrogens with zero attached hydrogens (tertiary/aromatic N) is 2. The molecule has 1 aliphatic rings. The number of rotatable bonds is 8. The van der Waals surface area contributed by atoms with E-state index in [9.17, 15) is 22.8 Å². The van der Waals surface area contributed by atoms with Crippen LogP contribution < -0.4 is 15.6 Å². The molecular formula is C24H22F3N3O3S2. The summed E-state index contributed by atoms with van der Waals surface area (Å²) >= 11 is 2.69. The number of amides is 1. The maximum Gasteiger partial charge on any atom is 0.573 e. The molecule has 0 spiro atoms. The van der Waals surface area contributed by atoms with E-state index in [4.69, 9.17) is 4.98 Å². The smallest absolute Gasteiger partial charge is 0.406 e. The molecule has 1 unspecified atom stereocenters. The van der Waals surface area contributed by atoms with Crippen LogP contribution in [0.3, 0.4) is 0 Å². The van der Waals surface area contributed by atoms with Crippen LogP contribution in [0.4, 0.5) is 18.9 Å². The van der Waals surface area contributed by atoms with E-state index in [0.29, 0.717) is 35.1 Å². The van der Waals surface area contributed by atoms with Gasteiger partial charge in [-0.25, -0.2) is 4.98 Å². The number of nitrogens with one attached hydrogen (secondary N) is 1. The van der Waals surface area contributed by atoms with E-state index in [0.717, 1.165) is 35.2 Å². The van der Waals surface area contributed by atoms with Crippen LogP contribution in [0, 0.1) is 0 Å². The van der Waals surface area contributed by atoms with Gasteiger partial charge < -0.3 is 10.1 Å². The molecule has 1 atom stereocenters. The highest BCUT2D eigenvalue weighted by atomic mass is 32.2. The first kappa shape index (κ1) is 25.2. The molecule has 6 nitrogen and oxygen atoms in total. The first-order valence-electron chi connectivity index (χ1n) is 10.8. The monoisotopic (exact) mass is 521 g/mol. The minimum absolute atomic E-state index is 0.0138. The fraction of sp³-hybridized carbons (Fsp3) is 0.292. The maximum atomic E-state index is 13.2. The molecule has 2 heterocycles. The minimum Gasteiger partial charge on any atom is -0.406 e. The summed E-state index contributed by atoms with van der Waals surface area (Å²) in [6.07, 6.45) is -3.44. The molecule has 11 heteroatoms. The van der Waals surface area contributed by atoms with E-state index < -0.39 is 6.36 Å². The molecule has 0 bridgehead atoms. The summed E-state index contributed by atoms with van der Waals surface area (Å²) in [5.74, 6) is -0.756. The lowest BCUT2D eigenvalue weighted by molar-refractivity contribution is -0.274. The number of aromatic nitrogens is 2. The second kappa shape index (κ2) is 10.8. The number of carbonyl (C=O) groups is 1. The molecule has 0 radical (unpaired) electrons. The summed E-state index contributed by atoms with van der Waals surface area (Å²) in [4.78, 5) is 31.1. The summed E-state index contributed by atoms with van der Waals surface area (Å²) in [5.41, 5.74) is 2.08. The number of halogens is 3. The van der Waals surface area contributed by atoms with Crippen molar-refractivity contribution < 1.29 is 22.7 Å². The number of anilines is 1. The van der Waals surface area contributed by atoms with Gasteiger partial charge in [0.1, 0.15) is 5.75 Å². The number of thioether (sulfide) groups is 2. The van der Waals surface area contributed by atoms with Crippen LogP contribution in [0.1, 0.15) is 18.2 Å². The number of hydrogen-bond donors (Lipinski definition) is 1. The van der Waals surface area contributed by atoms with Crippen molar-refractivity contribution in [2.75, 3.05) is 11.1 Å². The van der Waals surface area contributed by atoms with Crippen LogP contribution in [0.15, 0.2) is 69.4 Å². The Balaban J connectivity index is 1.45. The Hall–Kier alpha value is -2.92. The number of carbonyl (C=O) groups excluding carboxylic acids is 1. The maximum absolute atomic E-state index is 13.2. The van der Waals surface area contributed by atoms with Crippen molar-refractivity contribution in [1.29, 1.82) is 0 Å². The van der Waals surface area contributed by atoms with E-state index in [1.807, 2.05) is 37.3 Å². The van der Waals surface area contributed by atoms with Gasteiger partial charge in [-0.15, -0.1) is 24.9 Å². The van der Waals surface area contributed by atoms with Gasteiger partial charge >= 0.3 is 6.36 Å². The van der Waals surface area contributed by atoms with Gasteiger partial charge in [0.05, 0.1) is 16.3 Å². The zero-order valence-electron chi connectivity index (χ0n) is 18.7. The number of fused-ring (bicyclic) bond motifs is 1. The Morgan fingerprint density at radius 2 is 1.91 bits per heavy atom. The standard InChI is InChI=1S/C24H22F3N3O3S2/c1-15-13-19-21(35-15)22(32)30(12-11-16-5-3-2-4-6-16)23(29-19)34-14-20(31)28-17-7-9-18(10-8-17)33-24(25,26)27/h2-10,15H,11-14H2,1H3,(H,28,31). The third-order valence-electron chi connectivity index (χ3n) is 5.13. The first-order valence-corrected chi connectivity index (χ1v) is 12.7. The lowest BCUT2D eigenvalue weighted by Gasteiger charge is -2.14. The molecule has 0 saturated carbocycles. The normalized spacial score (nSPS) is 15.0. The van der Waals surface area contributed by atoms with Gasteiger partial charge in [-0.1, -0.05) is 49.0 Å². The van der Waals surface area contributed by atoms with Crippen LogP contribution in [0.25, 0.3) is 0 Å². The van der Waals surface area contributed by atoms with E-state index >= 15 is 0 Å². The third kappa shape index (κ3) is 6.82. The molecule has 4 rings (SSSR count). The van der Waals surface area contributed by atoms with Crippen molar-refractivity contribution in [2.24, 2.45) is 0 Å². The molecule has 0 aliphatic carbocycles. The molecule has 1 amide bonds. The van der Waals surface area contributed by atoms with Gasteiger partial charge in [0.15, 0.2) is 5.16 Å².